The van der Waals surface area contributed by atoms with Crippen LogP contribution in [0, 0.1) is 12.8 Å². The average molecular weight is 399 g/mol. The Morgan fingerprint density at radius 3 is 2.48 bits per heavy atom. The van der Waals surface area contributed by atoms with E-state index in [0.717, 1.165) is 42.1 Å². The maximum Gasteiger partial charge on any atom is 0.225 e. The minimum Gasteiger partial charge on any atom is -0.314 e. The van der Waals surface area contributed by atoms with Crippen molar-refractivity contribution in [1.29, 1.82) is 0 Å². The molecule has 0 aliphatic carbocycles. The molecular weight excluding hydrogens is 360 g/mol. The van der Waals surface area contributed by atoms with E-state index in [1.165, 1.54) is 0 Å². The molecule has 1 aromatic heterocycles. The summed E-state index contributed by atoms with van der Waals surface area (Å²) >= 11 is 0. The molecule has 29 heavy (non-hydrogen) atoms. The van der Waals surface area contributed by atoms with Crippen LogP contribution in [0.25, 0.3) is 5.69 Å². The molecule has 0 aliphatic heterocycles. The summed E-state index contributed by atoms with van der Waals surface area (Å²) in [6.07, 6.45) is 2.38. The quantitative estimate of drug-likeness (QED) is 0.569. The lowest BCUT2D eigenvalue weighted by molar-refractivity contribution is -0.116. The Hall–Kier alpha value is -2.14. The molecule has 0 fully saturated rings. The van der Waals surface area contributed by atoms with Crippen LogP contribution in [-0.4, -0.2) is 28.3 Å². The number of carbonyl (C=O) groups is 1. The van der Waals surface area contributed by atoms with E-state index < -0.39 is 0 Å². The number of benzene rings is 1. The molecule has 5 heteroatoms. The molecule has 1 heterocycles. The van der Waals surface area contributed by atoms with E-state index in [1.54, 1.807) is 0 Å². The fraction of sp³-hybridized carbons (Fsp3) is 0.583. The summed E-state index contributed by atoms with van der Waals surface area (Å²) in [5.74, 6) is 1.39. The van der Waals surface area contributed by atoms with E-state index >= 15 is 0 Å². The molecule has 0 spiro atoms. The largest absolute Gasteiger partial charge is 0.314 e. The topological polar surface area (TPSA) is 59.0 Å². The van der Waals surface area contributed by atoms with Gasteiger partial charge in [0.15, 0.2) is 0 Å². The molecule has 1 amide bonds. The zero-order valence-electron chi connectivity index (χ0n) is 19.2. The Labute approximate surface area is 176 Å². The number of hydrogen-bond acceptors (Lipinski definition) is 3. The highest BCUT2D eigenvalue weighted by Gasteiger charge is 2.21. The second-order valence-electron chi connectivity index (χ2n) is 9.41. The Bertz CT molecular complexity index is 801. The molecule has 1 aromatic carbocycles. The molecule has 2 aromatic rings. The molecule has 2 N–H and O–H groups in total. The number of carbonyl (C=O) groups excluding carboxylic acids is 1. The van der Waals surface area contributed by atoms with Gasteiger partial charge >= 0.3 is 0 Å². The number of rotatable bonds is 9. The molecule has 160 valence electrons. The van der Waals surface area contributed by atoms with Gasteiger partial charge in [-0.25, -0.2) is 4.68 Å². The first-order valence-electron chi connectivity index (χ1n) is 10.8. The lowest BCUT2D eigenvalue weighted by atomic mass is 9.92. The van der Waals surface area contributed by atoms with E-state index in [4.69, 9.17) is 5.10 Å². The molecule has 0 radical (unpaired) electrons. The SMILES string of the molecule is Cc1cccc(-n2nc(C(C)(C)C)cc2NC(=O)CCCCNC(C)C(C)C)c1. The van der Waals surface area contributed by atoms with Crippen molar-refractivity contribution in [2.24, 2.45) is 5.92 Å². The summed E-state index contributed by atoms with van der Waals surface area (Å²) in [5.41, 5.74) is 2.99. The number of nitrogens with zero attached hydrogens (tertiary/aromatic N) is 2. The zero-order valence-corrected chi connectivity index (χ0v) is 19.2. The Kier molecular flexibility index (Phi) is 8.03. The molecule has 0 saturated heterocycles. The lowest BCUT2D eigenvalue weighted by Crippen LogP contribution is -2.31. The lowest BCUT2D eigenvalue weighted by Gasteiger charge is -2.17. The van der Waals surface area contributed by atoms with Gasteiger partial charge in [0, 0.05) is 23.9 Å². The maximum atomic E-state index is 12.6. The minimum atomic E-state index is -0.0900. The van der Waals surface area contributed by atoms with Crippen LogP contribution in [0.4, 0.5) is 5.82 Å². The fourth-order valence-electron chi connectivity index (χ4n) is 2.97. The van der Waals surface area contributed by atoms with Crippen molar-refractivity contribution in [1.82, 2.24) is 15.1 Å². The predicted octanol–water partition coefficient (Wildman–Crippen LogP) is 5.22. The van der Waals surface area contributed by atoms with E-state index in [-0.39, 0.29) is 11.3 Å². The molecule has 5 nitrogen and oxygen atoms in total. The molecule has 1 atom stereocenters. The number of nitrogens with one attached hydrogen (secondary N) is 2. The van der Waals surface area contributed by atoms with Crippen LogP contribution in [0.15, 0.2) is 30.3 Å². The van der Waals surface area contributed by atoms with Gasteiger partial charge in [-0.1, -0.05) is 46.8 Å². The highest BCUT2D eigenvalue weighted by atomic mass is 16.1. The summed E-state index contributed by atoms with van der Waals surface area (Å²) in [6.45, 7) is 16.0. The first kappa shape index (κ1) is 23.1. The van der Waals surface area contributed by atoms with Gasteiger partial charge in [-0.05, 0) is 56.8 Å². The van der Waals surface area contributed by atoms with Gasteiger partial charge in [-0.3, -0.25) is 4.79 Å². The van der Waals surface area contributed by atoms with Gasteiger partial charge in [0.05, 0.1) is 11.4 Å². The third-order valence-corrected chi connectivity index (χ3v) is 5.29. The second kappa shape index (κ2) is 10.1. The summed E-state index contributed by atoms with van der Waals surface area (Å²) < 4.78 is 1.84. The van der Waals surface area contributed by atoms with Gasteiger partial charge in [0.2, 0.25) is 5.91 Å². The molecule has 0 saturated carbocycles. The van der Waals surface area contributed by atoms with Crippen molar-refractivity contribution < 1.29 is 4.79 Å². The number of anilines is 1. The Balaban J connectivity index is 2.02. The van der Waals surface area contributed by atoms with Crippen molar-refractivity contribution in [2.75, 3.05) is 11.9 Å². The third kappa shape index (κ3) is 7.00. The Morgan fingerprint density at radius 1 is 1.14 bits per heavy atom. The summed E-state index contributed by atoms with van der Waals surface area (Å²) in [5, 5.41) is 11.4. The van der Waals surface area contributed by atoms with Crippen LogP contribution in [0.2, 0.25) is 0 Å². The van der Waals surface area contributed by atoms with Crippen LogP contribution >= 0.6 is 0 Å². The van der Waals surface area contributed by atoms with Crippen molar-refractivity contribution in [3.05, 3.63) is 41.6 Å². The number of hydrogen-bond donors (Lipinski definition) is 2. The highest BCUT2D eigenvalue weighted by Crippen LogP contribution is 2.26. The maximum absolute atomic E-state index is 12.6. The van der Waals surface area contributed by atoms with E-state index in [9.17, 15) is 4.79 Å². The zero-order chi connectivity index (χ0) is 21.6. The normalized spacial score (nSPS) is 13.0. The van der Waals surface area contributed by atoms with E-state index in [0.29, 0.717) is 18.4 Å². The van der Waals surface area contributed by atoms with Crippen molar-refractivity contribution in [3.8, 4) is 5.69 Å². The molecule has 2 rings (SSSR count). The molecular formula is C24H38N4O. The van der Waals surface area contributed by atoms with Crippen molar-refractivity contribution >= 4 is 11.7 Å². The monoisotopic (exact) mass is 398 g/mol. The predicted molar refractivity (Wildman–Crippen MR) is 122 cm³/mol. The van der Waals surface area contributed by atoms with Gasteiger partial charge in [0.1, 0.15) is 5.82 Å². The van der Waals surface area contributed by atoms with Gasteiger partial charge < -0.3 is 10.6 Å². The minimum absolute atomic E-state index is 0.0381. The molecule has 1 unspecified atom stereocenters. The van der Waals surface area contributed by atoms with Crippen LogP contribution < -0.4 is 10.6 Å². The molecule has 0 aliphatic rings. The van der Waals surface area contributed by atoms with Crippen LogP contribution in [-0.2, 0) is 10.2 Å². The summed E-state index contributed by atoms with van der Waals surface area (Å²) in [4.78, 5) is 12.6. The van der Waals surface area contributed by atoms with E-state index in [1.807, 2.05) is 22.9 Å². The van der Waals surface area contributed by atoms with E-state index in [2.05, 4.69) is 71.2 Å². The third-order valence-electron chi connectivity index (χ3n) is 5.29. The van der Waals surface area contributed by atoms with Crippen molar-refractivity contribution in [2.45, 2.75) is 79.2 Å². The number of aromatic nitrogens is 2. The van der Waals surface area contributed by atoms with Crippen LogP contribution in [0.3, 0.4) is 0 Å². The number of aryl methyl sites for hydroxylation is 1. The summed E-state index contributed by atoms with van der Waals surface area (Å²) in [6, 6.07) is 10.7. The van der Waals surface area contributed by atoms with Gasteiger partial charge in [-0.15, -0.1) is 0 Å². The van der Waals surface area contributed by atoms with Gasteiger partial charge in [0.25, 0.3) is 0 Å². The molecule has 0 bridgehead atoms. The van der Waals surface area contributed by atoms with Crippen LogP contribution in [0.1, 0.15) is 72.1 Å². The smallest absolute Gasteiger partial charge is 0.225 e. The summed E-state index contributed by atoms with van der Waals surface area (Å²) in [7, 11) is 0. The van der Waals surface area contributed by atoms with Crippen molar-refractivity contribution in [3.63, 3.8) is 0 Å². The van der Waals surface area contributed by atoms with Gasteiger partial charge in [-0.2, -0.15) is 5.10 Å². The standard InChI is InChI=1S/C24H38N4O/c1-17(2)19(4)25-14-9-8-13-23(29)26-22-16-21(24(5,6)7)27-28(22)20-12-10-11-18(3)15-20/h10-12,15-17,19,25H,8-9,13-14H2,1-7H3,(H,26,29). The first-order chi connectivity index (χ1) is 13.6. The first-order valence-corrected chi connectivity index (χ1v) is 10.8. The van der Waals surface area contributed by atoms with Crippen LogP contribution in [0.5, 0.6) is 0 Å². The number of unbranched alkanes of at least 4 members (excludes halogenated alkanes) is 1. The highest BCUT2D eigenvalue weighted by molar-refractivity contribution is 5.90. The Morgan fingerprint density at radius 2 is 1.86 bits per heavy atom. The average Bonchev–Trinajstić information content (AvgIpc) is 3.05. The second-order valence-corrected chi connectivity index (χ2v) is 9.41. The fourth-order valence-corrected chi connectivity index (χ4v) is 2.97. The number of amides is 1.